The lowest BCUT2D eigenvalue weighted by Crippen LogP contribution is -2.33. The molecule has 2 aromatic heterocycles. The second-order valence-electron chi connectivity index (χ2n) is 9.56. The van der Waals surface area contributed by atoms with Gasteiger partial charge in [-0.05, 0) is 48.7 Å². The number of aliphatic hydroxyl groups excluding tert-OH is 1. The number of carbonyl (C=O) groups excluding carboxylic acids is 1. The highest BCUT2D eigenvalue weighted by atomic mass is 35.5. The highest BCUT2D eigenvalue weighted by Crippen LogP contribution is 2.32. The van der Waals surface area contributed by atoms with E-state index in [1.54, 1.807) is 17.2 Å². The Hall–Kier alpha value is -2.76. The van der Waals surface area contributed by atoms with Gasteiger partial charge in [0.2, 0.25) is 0 Å². The third-order valence-corrected chi connectivity index (χ3v) is 6.09. The lowest BCUT2D eigenvalue weighted by molar-refractivity contribution is 0.0742. The first-order valence-electron chi connectivity index (χ1n) is 11.9. The van der Waals surface area contributed by atoms with Crippen molar-refractivity contribution in [2.75, 3.05) is 19.7 Å². The number of hydrogen-bond donors (Lipinski definition) is 1. The second-order valence-corrected chi connectivity index (χ2v) is 9.97. The minimum atomic E-state index is -0.0614. The highest BCUT2D eigenvalue weighted by molar-refractivity contribution is 6.33. The van der Waals surface area contributed by atoms with Gasteiger partial charge in [0.1, 0.15) is 0 Å². The number of hydrogen-bond acceptors (Lipinski definition) is 4. The summed E-state index contributed by atoms with van der Waals surface area (Å²) in [5.41, 5.74) is 5.27. The maximum absolute atomic E-state index is 13.1. The fourth-order valence-electron chi connectivity index (χ4n) is 3.76. The van der Waals surface area contributed by atoms with Crippen molar-refractivity contribution >= 4 is 17.5 Å². The smallest absolute Gasteiger partial charge is 0.253 e. The number of pyridine rings is 2. The van der Waals surface area contributed by atoms with Crippen LogP contribution >= 0.6 is 11.6 Å². The van der Waals surface area contributed by atoms with Crippen LogP contribution in [0.15, 0.2) is 55.0 Å². The van der Waals surface area contributed by atoms with Crippen molar-refractivity contribution in [1.29, 1.82) is 0 Å². The normalized spacial score (nSPS) is 11.5. The summed E-state index contributed by atoms with van der Waals surface area (Å²) in [4.78, 5) is 23.8. The van der Waals surface area contributed by atoms with Crippen molar-refractivity contribution in [1.82, 2.24) is 14.9 Å². The SMILES string of the molecule is CCCCN(CCCO)C(=O)c1ccc(-c2cncc(-c3ccnc(C(C)(C)C)c3)c2)c(Cl)c1. The molecule has 3 aromatic rings. The third-order valence-electron chi connectivity index (χ3n) is 5.78. The number of rotatable bonds is 9. The number of unbranched alkanes of at least 4 members (excludes halogenated alkanes) is 1. The number of amides is 1. The molecule has 0 spiro atoms. The quantitative estimate of drug-likeness (QED) is 0.386. The first-order valence-corrected chi connectivity index (χ1v) is 12.2. The van der Waals surface area contributed by atoms with Gasteiger partial charge in [-0.15, -0.1) is 0 Å². The molecular formula is C28H34ClN3O2. The van der Waals surface area contributed by atoms with Gasteiger partial charge in [0.15, 0.2) is 0 Å². The number of halogens is 1. The van der Waals surface area contributed by atoms with Gasteiger partial charge in [-0.1, -0.05) is 51.8 Å². The summed E-state index contributed by atoms with van der Waals surface area (Å²) in [6, 6.07) is 11.6. The average Bonchev–Trinajstić information content (AvgIpc) is 2.83. The molecule has 180 valence electrons. The minimum Gasteiger partial charge on any atom is -0.396 e. The number of benzene rings is 1. The molecule has 0 aliphatic rings. The van der Waals surface area contributed by atoms with E-state index < -0.39 is 0 Å². The van der Waals surface area contributed by atoms with Crippen molar-refractivity contribution in [3.63, 3.8) is 0 Å². The summed E-state index contributed by atoms with van der Waals surface area (Å²) >= 11 is 6.66. The first-order chi connectivity index (χ1) is 16.2. The van der Waals surface area contributed by atoms with E-state index >= 15 is 0 Å². The van der Waals surface area contributed by atoms with Gasteiger partial charge < -0.3 is 10.0 Å². The molecule has 5 nitrogen and oxygen atoms in total. The molecular weight excluding hydrogens is 446 g/mol. The molecule has 1 aromatic carbocycles. The Morgan fingerprint density at radius 1 is 1.00 bits per heavy atom. The second kappa shape index (κ2) is 11.6. The third kappa shape index (κ3) is 6.43. The van der Waals surface area contributed by atoms with Crippen LogP contribution in [0.2, 0.25) is 5.02 Å². The Kier molecular flexibility index (Phi) is 8.81. The lowest BCUT2D eigenvalue weighted by Gasteiger charge is -2.22. The summed E-state index contributed by atoms with van der Waals surface area (Å²) in [5.74, 6) is -0.0614. The zero-order chi connectivity index (χ0) is 24.7. The maximum Gasteiger partial charge on any atom is 0.253 e. The molecule has 0 unspecified atom stereocenters. The maximum atomic E-state index is 13.1. The van der Waals surface area contributed by atoms with E-state index in [0.29, 0.717) is 30.1 Å². The van der Waals surface area contributed by atoms with E-state index in [0.717, 1.165) is 40.8 Å². The Labute approximate surface area is 207 Å². The predicted molar refractivity (Wildman–Crippen MR) is 139 cm³/mol. The van der Waals surface area contributed by atoms with Gasteiger partial charge in [-0.25, -0.2) is 0 Å². The highest BCUT2D eigenvalue weighted by Gasteiger charge is 2.18. The number of carbonyl (C=O) groups is 1. The fraction of sp³-hybridized carbons (Fsp3) is 0.393. The van der Waals surface area contributed by atoms with Crippen molar-refractivity contribution in [2.45, 2.75) is 52.4 Å². The van der Waals surface area contributed by atoms with E-state index in [4.69, 9.17) is 11.6 Å². The fourth-order valence-corrected chi connectivity index (χ4v) is 4.05. The number of aromatic nitrogens is 2. The van der Waals surface area contributed by atoms with Crippen molar-refractivity contribution in [3.8, 4) is 22.3 Å². The van der Waals surface area contributed by atoms with Crippen molar-refractivity contribution in [2.24, 2.45) is 0 Å². The molecule has 3 rings (SSSR count). The van der Waals surface area contributed by atoms with E-state index in [2.05, 4.69) is 49.8 Å². The summed E-state index contributed by atoms with van der Waals surface area (Å²) in [6.07, 6.45) is 7.94. The molecule has 1 N–H and O–H groups in total. The molecule has 0 bridgehead atoms. The molecule has 34 heavy (non-hydrogen) atoms. The average molecular weight is 480 g/mol. The van der Waals surface area contributed by atoms with Crippen LogP contribution in [-0.2, 0) is 5.41 Å². The summed E-state index contributed by atoms with van der Waals surface area (Å²) in [5, 5.41) is 9.70. The van der Waals surface area contributed by atoms with Crippen LogP contribution in [0.25, 0.3) is 22.3 Å². The van der Waals surface area contributed by atoms with Gasteiger partial charge in [-0.2, -0.15) is 0 Å². The molecule has 0 atom stereocenters. The number of aliphatic hydroxyl groups is 1. The van der Waals surface area contributed by atoms with Gasteiger partial charge in [0.05, 0.1) is 0 Å². The van der Waals surface area contributed by atoms with Gasteiger partial charge in [-0.3, -0.25) is 14.8 Å². The van der Waals surface area contributed by atoms with Gasteiger partial charge >= 0.3 is 0 Å². The van der Waals surface area contributed by atoms with E-state index in [9.17, 15) is 9.90 Å². The molecule has 0 aliphatic heterocycles. The van der Waals surface area contributed by atoms with Crippen LogP contribution < -0.4 is 0 Å². The molecule has 0 fully saturated rings. The van der Waals surface area contributed by atoms with Crippen LogP contribution in [0.5, 0.6) is 0 Å². The number of nitrogens with zero attached hydrogens (tertiary/aromatic N) is 3. The lowest BCUT2D eigenvalue weighted by atomic mass is 9.90. The molecule has 0 saturated heterocycles. The summed E-state index contributed by atoms with van der Waals surface area (Å²) in [6.45, 7) is 9.79. The van der Waals surface area contributed by atoms with Gasteiger partial charge in [0.25, 0.3) is 5.91 Å². The minimum absolute atomic E-state index is 0.0467. The zero-order valence-corrected chi connectivity index (χ0v) is 21.3. The molecule has 0 radical (unpaired) electrons. The first kappa shape index (κ1) is 25.9. The van der Waals surface area contributed by atoms with Crippen LogP contribution in [0.3, 0.4) is 0 Å². The van der Waals surface area contributed by atoms with Gasteiger partial charge in [0, 0.05) is 76.7 Å². The van der Waals surface area contributed by atoms with Crippen LogP contribution in [0.1, 0.15) is 63.0 Å². The largest absolute Gasteiger partial charge is 0.396 e. The topological polar surface area (TPSA) is 66.3 Å². The van der Waals surface area contributed by atoms with E-state index in [1.165, 1.54) is 0 Å². The summed E-state index contributed by atoms with van der Waals surface area (Å²) in [7, 11) is 0. The molecule has 0 saturated carbocycles. The van der Waals surface area contributed by atoms with E-state index in [-0.39, 0.29) is 17.9 Å². The Morgan fingerprint density at radius 2 is 1.74 bits per heavy atom. The predicted octanol–water partition coefficient (Wildman–Crippen LogP) is 6.39. The van der Waals surface area contributed by atoms with Crippen LogP contribution in [-0.4, -0.2) is 45.6 Å². The van der Waals surface area contributed by atoms with Crippen LogP contribution in [0, 0.1) is 0 Å². The Bertz CT molecular complexity index is 1120. The Morgan fingerprint density at radius 3 is 2.41 bits per heavy atom. The van der Waals surface area contributed by atoms with Crippen LogP contribution in [0.4, 0.5) is 0 Å². The molecule has 0 aliphatic carbocycles. The van der Waals surface area contributed by atoms with Crippen molar-refractivity contribution < 1.29 is 9.90 Å². The zero-order valence-electron chi connectivity index (χ0n) is 20.5. The summed E-state index contributed by atoms with van der Waals surface area (Å²) < 4.78 is 0. The monoisotopic (exact) mass is 479 g/mol. The van der Waals surface area contributed by atoms with E-state index in [1.807, 2.05) is 30.6 Å². The Balaban J connectivity index is 1.89. The molecule has 1 amide bonds. The van der Waals surface area contributed by atoms with Crippen molar-refractivity contribution in [3.05, 3.63) is 71.3 Å². The standard InChI is InChI=1S/C28H34ClN3O2/c1-5-6-12-32(13-7-14-33)27(34)21-8-9-24(25(29)16-21)23-15-22(18-30-19-23)20-10-11-31-26(17-20)28(2,3)4/h8-11,15-19,33H,5-7,12-14H2,1-4H3. The molecule has 6 heteroatoms. The molecule has 2 heterocycles.